The summed E-state index contributed by atoms with van der Waals surface area (Å²) in [6, 6.07) is 6.60. The van der Waals surface area contributed by atoms with Crippen molar-refractivity contribution in [3.8, 4) is 0 Å². The first-order valence-electron chi connectivity index (χ1n) is 8.67. The second-order valence-electron chi connectivity index (χ2n) is 7.08. The van der Waals surface area contributed by atoms with Gasteiger partial charge in [0.2, 0.25) is 10.0 Å². The van der Waals surface area contributed by atoms with Gasteiger partial charge in [-0.25, -0.2) is 8.42 Å². The number of hydrogen-bond acceptors (Lipinski definition) is 3. The molecule has 2 rings (SSSR count). The molecular formula is C20H24F3NO2S2. The van der Waals surface area contributed by atoms with Gasteiger partial charge in [0, 0.05) is 10.6 Å². The lowest BCUT2D eigenvalue weighted by Gasteiger charge is -2.23. The third-order valence-electron chi connectivity index (χ3n) is 4.18. The third-order valence-corrected chi connectivity index (χ3v) is 7.02. The number of nitrogens with one attached hydrogen (secondary N) is 1. The summed E-state index contributed by atoms with van der Waals surface area (Å²) in [6.07, 6.45) is -4.70. The number of aryl methyl sites for hydroxylation is 5. The molecule has 0 amide bonds. The summed E-state index contributed by atoms with van der Waals surface area (Å²) >= 11 is 0.984. The number of benzene rings is 2. The molecule has 0 aliphatic carbocycles. The molecule has 1 unspecified atom stereocenters. The van der Waals surface area contributed by atoms with Crippen LogP contribution >= 0.6 is 11.8 Å². The van der Waals surface area contributed by atoms with Crippen molar-refractivity contribution in [2.24, 2.45) is 0 Å². The van der Waals surface area contributed by atoms with Gasteiger partial charge in [-0.15, -0.1) is 11.8 Å². The molecule has 0 aliphatic heterocycles. The van der Waals surface area contributed by atoms with Gasteiger partial charge in [-0.1, -0.05) is 23.8 Å². The number of rotatable bonds is 6. The van der Waals surface area contributed by atoms with E-state index in [0.29, 0.717) is 16.0 Å². The molecule has 0 saturated carbocycles. The van der Waals surface area contributed by atoms with E-state index in [1.54, 1.807) is 38.1 Å². The first-order chi connectivity index (χ1) is 12.8. The van der Waals surface area contributed by atoms with Crippen LogP contribution in [-0.2, 0) is 10.0 Å². The summed E-state index contributed by atoms with van der Waals surface area (Å²) in [4.78, 5) is 0.581. The average molecular weight is 432 g/mol. The Kier molecular flexibility index (Phi) is 6.89. The molecule has 2 aromatic carbocycles. The molecule has 0 saturated heterocycles. The molecule has 0 aromatic heterocycles. The van der Waals surface area contributed by atoms with Crippen LogP contribution in [0.5, 0.6) is 0 Å². The van der Waals surface area contributed by atoms with Crippen LogP contribution in [0.15, 0.2) is 40.1 Å². The van der Waals surface area contributed by atoms with Gasteiger partial charge in [0.15, 0.2) is 0 Å². The summed E-state index contributed by atoms with van der Waals surface area (Å²) < 4.78 is 68.0. The normalized spacial score (nSPS) is 13.6. The predicted molar refractivity (Wildman–Crippen MR) is 107 cm³/mol. The molecule has 0 bridgehead atoms. The number of thioether (sulfide) groups is 1. The molecule has 3 nitrogen and oxygen atoms in total. The van der Waals surface area contributed by atoms with Crippen LogP contribution in [0.2, 0.25) is 0 Å². The molecule has 154 valence electrons. The van der Waals surface area contributed by atoms with Gasteiger partial charge >= 0.3 is 6.18 Å². The smallest absolute Gasteiger partial charge is 0.207 e. The van der Waals surface area contributed by atoms with Gasteiger partial charge in [-0.05, 0) is 69.0 Å². The Bertz CT molecular complexity index is 927. The van der Waals surface area contributed by atoms with E-state index in [9.17, 15) is 21.6 Å². The van der Waals surface area contributed by atoms with E-state index in [0.717, 1.165) is 28.5 Å². The van der Waals surface area contributed by atoms with E-state index in [-0.39, 0.29) is 4.90 Å². The molecule has 2 aromatic rings. The Morgan fingerprint density at radius 1 is 0.893 bits per heavy atom. The molecule has 28 heavy (non-hydrogen) atoms. The summed E-state index contributed by atoms with van der Waals surface area (Å²) in [5, 5.41) is 0. The van der Waals surface area contributed by atoms with Crippen molar-refractivity contribution >= 4 is 21.8 Å². The van der Waals surface area contributed by atoms with Gasteiger partial charge in [-0.3, -0.25) is 0 Å². The van der Waals surface area contributed by atoms with Crippen LogP contribution in [0.1, 0.15) is 27.8 Å². The van der Waals surface area contributed by atoms with E-state index in [2.05, 4.69) is 0 Å². The molecule has 0 radical (unpaired) electrons. The fourth-order valence-electron chi connectivity index (χ4n) is 3.23. The number of halogens is 3. The van der Waals surface area contributed by atoms with E-state index in [4.69, 9.17) is 0 Å². The Morgan fingerprint density at radius 3 is 1.82 bits per heavy atom. The highest BCUT2D eigenvalue weighted by molar-refractivity contribution is 7.99. The number of hydrogen-bond donors (Lipinski definition) is 1. The predicted octanol–water partition coefficient (Wildman–Crippen LogP) is 5.23. The zero-order valence-electron chi connectivity index (χ0n) is 16.4. The molecule has 0 aliphatic rings. The number of alkyl halides is 3. The van der Waals surface area contributed by atoms with Crippen molar-refractivity contribution < 1.29 is 21.6 Å². The van der Waals surface area contributed by atoms with Crippen LogP contribution < -0.4 is 4.72 Å². The van der Waals surface area contributed by atoms with E-state index >= 15 is 0 Å². The maximum atomic E-state index is 13.6. The van der Waals surface area contributed by atoms with Crippen molar-refractivity contribution in [2.75, 3.05) is 5.75 Å². The topological polar surface area (TPSA) is 46.2 Å². The molecular weight excluding hydrogens is 407 g/mol. The Balaban J connectivity index is 2.29. The fraction of sp³-hybridized carbons (Fsp3) is 0.400. The van der Waals surface area contributed by atoms with Gasteiger partial charge in [0.1, 0.15) is 6.04 Å². The van der Waals surface area contributed by atoms with Gasteiger partial charge < -0.3 is 0 Å². The first kappa shape index (κ1) is 22.8. The molecule has 0 fully saturated rings. The molecule has 0 heterocycles. The van der Waals surface area contributed by atoms with E-state index in [1.165, 1.54) is 0 Å². The summed E-state index contributed by atoms with van der Waals surface area (Å²) in [5.41, 5.74) is 3.59. The van der Waals surface area contributed by atoms with E-state index < -0.39 is 28.0 Å². The number of sulfonamides is 1. The Labute approximate surface area is 168 Å². The van der Waals surface area contributed by atoms with Crippen LogP contribution in [0.4, 0.5) is 13.2 Å². The van der Waals surface area contributed by atoms with Gasteiger partial charge in [-0.2, -0.15) is 17.9 Å². The molecule has 1 atom stereocenters. The van der Waals surface area contributed by atoms with Crippen LogP contribution in [-0.4, -0.2) is 26.4 Å². The maximum Gasteiger partial charge on any atom is 0.405 e. The van der Waals surface area contributed by atoms with Crippen molar-refractivity contribution in [3.63, 3.8) is 0 Å². The largest absolute Gasteiger partial charge is 0.405 e. The van der Waals surface area contributed by atoms with Crippen LogP contribution in [0.25, 0.3) is 0 Å². The minimum Gasteiger partial charge on any atom is -0.207 e. The van der Waals surface area contributed by atoms with Crippen LogP contribution in [0.3, 0.4) is 0 Å². The Hall–Kier alpha value is -1.51. The van der Waals surface area contributed by atoms with Crippen molar-refractivity contribution in [1.29, 1.82) is 0 Å². The standard InChI is InChI=1S/C20H24F3NO2S2/c1-12-6-13(2)10-17(9-12)27-11-18(20(21,22)23)24-28(25,26)19-15(4)7-14(3)8-16(19)5/h6-10,18,24H,11H2,1-5H3. The lowest BCUT2D eigenvalue weighted by molar-refractivity contribution is -0.145. The summed E-state index contributed by atoms with van der Waals surface area (Å²) in [6.45, 7) is 8.71. The highest BCUT2D eigenvalue weighted by Crippen LogP contribution is 2.30. The highest BCUT2D eigenvalue weighted by atomic mass is 32.2. The maximum absolute atomic E-state index is 13.6. The second kappa shape index (κ2) is 8.47. The SMILES string of the molecule is Cc1cc(C)cc(SCC(NS(=O)(=O)c2c(C)cc(C)cc2C)C(F)(F)F)c1. The molecule has 1 N–H and O–H groups in total. The van der Waals surface area contributed by atoms with Crippen LogP contribution in [0, 0.1) is 34.6 Å². The highest BCUT2D eigenvalue weighted by Gasteiger charge is 2.42. The minimum atomic E-state index is -4.70. The minimum absolute atomic E-state index is 0.0938. The van der Waals surface area contributed by atoms with Crippen molar-refractivity contribution in [2.45, 2.75) is 56.6 Å². The fourth-order valence-corrected chi connectivity index (χ4v) is 6.18. The van der Waals surface area contributed by atoms with E-state index in [1.807, 2.05) is 31.6 Å². The monoisotopic (exact) mass is 431 g/mol. The lowest BCUT2D eigenvalue weighted by Crippen LogP contribution is -2.47. The lowest BCUT2D eigenvalue weighted by atomic mass is 10.1. The molecule has 8 heteroatoms. The zero-order chi connectivity index (χ0) is 21.3. The van der Waals surface area contributed by atoms with Crippen molar-refractivity contribution in [3.05, 3.63) is 58.1 Å². The van der Waals surface area contributed by atoms with Gasteiger partial charge in [0.25, 0.3) is 0 Å². The first-order valence-corrected chi connectivity index (χ1v) is 11.1. The Morgan fingerprint density at radius 2 is 1.36 bits per heavy atom. The third kappa shape index (κ3) is 5.75. The average Bonchev–Trinajstić information content (AvgIpc) is 2.47. The quantitative estimate of drug-likeness (QED) is 0.637. The van der Waals surface area contributed by atoms with Gasteiger partial charge in [0.05, 0.1) is 4.90 Å². The molecule has 0 spiro atoms. The summed E-state index contributed by atoms with van der Waals surface area (Å²) in [5.74, 6) is -0.449. The van der Waals surface area contributed by atoms with Crippen molar-refractivity contribution in [1.82, 2.24) is 4.72 Å². The second-order valence-corrected chi connectivity index (χ2v) is 9.82. The zero-order valence-corrected chi connectivity index (χ0v) is 18.1. The summed E-state index contributed by atoms with van der Waals surface area (Å²) in [7, 11) is -4.32.